The van der Waals surface area contributed by atoms with Gasteiger partial charge in [0.05, 0.1) is 7.11 Å². The first-order valence-corrected chi connectivity index (χ1v) is 7.01. The van der Waals surface area contributed by atoms with Crippen molar-refractivity contribution >= 4 is 11.3 Å². The van der Waals surface area contributed by atoms with Gasteiger partial charge in [-0.25, -0.2) is 0 Å². The summed E-state index contributed by atoms with van der Waals surface area (Å²) in [7, 11) is 3.72. The van der Waals surface area contributed by atoms with Crippen molar-refractivity contribution in [2.75, 3.05) is 14.2 Å². The Labute approximate surface area is 113 Å². The van der Waals surface area contributed by atoms with E-state index in [-0.39, 0.29) is 0 Å². The lowest BCUT2D eigenvalue weighted by atomic mass is 9.96. The van der Waals surface area contributed by atoms with E-state index in [1.54, 1.807) is 18.4 Å². The van der Waals surface area contributed by atoms with E-state index >= 15 is 0 Å². The minimum atomic E-state index is 0.352. The Morgan fingerprint density at radius 2 is 2.17 bits per heavy atom. The highest BCUT2D eigenvalue weighted by molar-refractivity contribution is 7.07. The predicted molar refractivity (Wildman–Crippen MR) is 77.6 cm³/mol. The van der Waals surface area contributed by atoms with Gasteiger partial charge in [0, 0.05) is 6.04 Å². The monoisotopic (exact) mass is 261 g/mol. The highest BCUT2D eigenvalue weighted by Gasteiger charge is 2.13. The van der Waals surface area contributed by atoms with Gasteiger partial charge in [0.2, 0.25) is 0 Å². The van der Waals surface area contributed by atoms with Crippen LogP contribution in [0.15, 0.2) is 35.0 Å². The topological polar surface area (TPSA) is 21.3 Å². The Balaban J connectivity index is 2.22. The fourth-order valence-electron chi connectivity index (χ4n) is 2.18. The van der Waals surface area contributed by atoms with E-state index in [2.05, 4.69) is 41.2 Å². The second-order valence-electron chi connectivity index (χ2n) is 4.40. The smallest absolute Gasteiger partial charge is 0.119 e. The Bertz CT molecular complexity index is 493. The summed E-state index contributed by atoms with van der Waals surface area (Å²) in [4.78, 5) is 0. The fourth-order valence-corrected chi connectivity index (χ4v) is 2.86. The maximum Gasteiger partial charge on any atom is 0.119 e. The van der Waals surface area contributed by atoms with E-state index in [9.17, 15) is 0 Å². The highest BCUT2D eigenvalue weighted by Crippen LogP contribution is 2.25. The molecule has 0 aliphatic heterocycles. The highest BCUT2D eigenvalue weighted by atomic mass is 32.1. The van der Waals surface area contributed by atoms with Crippen molar-refractivity contribution < 1.29 is 4.74 Å². The quantitative estimate of drug-likeness (QED) is 0.888. The molecule has 1 unspecified atom stereocenters. The molecule has 0 radical (unpaired) electrons. The molecular formula is C15H19NOS. The number of likely N-dealkylation sites (N-methyl/N-ethyl adjacent to an activating group) is 1. The van der Waals surface area contributed by atoms with Crippen molar-refractivity contribution in [1.29, 1.82) is 0 Å². The Morgan fingerprint density at radius 3 is 2.72 bits per heavy atom. The number of methoxy groups -OCH3 is 1. The summed E-state index contributed by atoms with van der Waals surface area (Å²) < 4.78 is 5.25. The first kappa shape index (κ1) is 13.1. The molecule has 1 aromatic carbocycles. The second-order valence-corrected chi connectivity index (χ2v) is 5.18. The average Bonchev–Trinajstić information content (AvgIpc) is 2.89. The van der Waals surface area contributed by atoms with E-state index in [1.165, 1.54) is 16.7 Å². The summed E-state index contributed by atoms with van der Waals surface area (Å²) in [5.41, 5.74) is 3.99. The number of hydrogen-bond donors (Lipinski definition) is 1. The minimum Gasteiger partial charge on any atom is -0.497 e. The fraction of sp³-hybridized carbons (Fsp3) is 0.333. The molecule has 0 amide bonds. The second kappa shape index (κ2) is 6.03. The van der Waals surface area contributed by atoms with Crippen molar-refractivity contribution in [3.8, 4) is 5.75 Å². The zero-order valence-corrected chi connectivity index (χ0v) is 11.9. The van der Waals surface area contributed by atoms with E-state index in [0.717, 1.165) is 12.2 Å². The lowest BCUT2D eigenvalue weighted by Gasteiger charge is -2.19. The van der Waals surface area contributed by atoms with Crippen molar-refractivity contribution in [3.05, 3.63) is 51.7 Å². The van der Waals surface area contributed by atoms with E-state index in [0.29, 0.717) is 6.04 Å². The minimum absolute atomic E-state index is 0.352. The number of nitrogens with one attached hydrogen (secondary N) is 1. The summed E-state index contributed by atoms with van der Waals surface area (Å²) in [5, 5.41) is 7.74. The zero-order valence-electron chi connectivity index (χ0n) is 11.1. The first-order chi connectivity index (χ1) is 8.74. The van der Waals surface area contributed by atoms with Gasteiger partial charge >= 0.3 is 0 Å². The molecular weight excluding hydrogens is 242 g/mol. The Hall–Kier alpha value is -1.32. The van der Waals surface area contributed by atoms with Crippen molar-refractivity contribution in [3.63, 3.8) is 0 Å². The summed E-state index contributed by atoms with van der Waals surface area (Å²) in [6, 6.07) is 8.81. The molecule has 1 atom stereocenters. The van der Waals surface area contributed by atoms with Crippen molar-refractivity contribution in [1.82, 2.24) is 5.32 Å². The lowest BCUT2D eigenvalue weighted by Crippen LogP contribution is -2.19. The third-order valence-electron chi connectivity index (χ3n) is 3.22. The molecule has 0 bridgehead atoms. The number of benzene rings is 1. The van der Waals surface area contributed by atoms with Crippen LogP contribution in [0.4, 0.5) is 0 Å². The molecule has 96 valence electrons. The molecule has 0 aliphatic carbocycles. The maximum atomic E-state index is 5.25. The number of hydrogen-bond acceptors (Lipinski definition) is 3. The Morgan fingerprint density at radius 1 is 1.33 bits per heavy atom. The van der Waals surface area contributed by atoms with Crippen LogP contribution in [0, 0.1) is 6.92 Å². The van der Waals surface area contributed by atoms with Crippen LogP contribution >= 0.6 is 11.3 Å². The van der Waals surface area contributed by atoms with E-state index in [4.69, 9.17) is 4.74 Å². The third-order valence-corrected chi connectivity index (χ3v) is 3.95. The van der Waals surface area contributed by atoms with Crippen LogP contribution < -0.4 is 10.1 Å². The summed E-state index contributed by atoms with van der Waals surface area (Å²) in [6.45, 7) is 2.13. The summed E-state index contributed by atoms with van der Waals surface area (Å²) in [5.74, 6) is 0.918. The van der Waals surface area contributed by atoms with Gasteiger partial charge < -0.3 is 10.1 Å². The molecule has 0 saturated carbocycles. The van der Waals surface area contributed by atoms with Gasteiger partial charge in [-0.3, -0.25) is 0 Å². The van der Waals surface area contributed by atoms with Gasteiger partial charge in [-0.1, -0.05) is 6.07 Å². The van der Waals surface area contributed by atoms with Gasteiger partial charge in [0.15, 0.2) is 0 Å². The molecule has 0 fully saturated rings. The van der Waals surface area contributed by atoms with Gasteiger partial charge in [-0.15, -0.1) is 0 Å². The normalized spacial score (nSPS) is 12.4. The van der Waals surface area contributed by atoms with Gasteiger partial charge in [0.1, 0.15) is 5.75 Å². The summed E-state index contributed by atoms with van der Waals surface area (Å²) in [6.07, 6.45) is 1.02. The number of rotatable bonds is 5. The molecule has 1 aromatic heterocycles. The molecule has 2 aromatic rings. The van der Waals surface area contributed by atoms with Crippen LogP contribution in [0.25, 0.3) is 0 Å². The standard InChI is InChI=1S/C15H19NOS/c1-11-8-13(17-3)4-5-14(11)15(16-2)9-12-6-7-18-10-12/h4-8,10,15-16H,9H2,1-3H3. The first-order valence-electron chi connectivity index (χ1n) is 6.07. The van der Waals surface area contributed by atoms with E-state index in [1.807, 2.05) is 13.1 Å². The van der Waals surface area contributed by atoms with Crippen LogP contribution in [0.3, 0.4) is 0 Å². The molecule has 18 heavy (non-hydrogen) atoms. The van der Waals surface area contributed by atoms with Crippen LogP contribution in [-0.2, 0) is 6.42 Å². The predicted octanol–water partition coefficient (Wildman–Crippen LogP) is 3.57. The number of thiophene rings is 1. The Kier molecular flexibility index (Phi) is 4.39. The molecule has 0 aliphatic rings. The maximum absolute atomic E-state index is 5.25. The van der Waals surface area contributed by atoms with Crippen LogP contribution in [0.1, 0.15) is 22.7 Å². The lowest BCUT2D eigenvalue weighted by molar-refractivity contribution is 0.414. The average molecular weight is 261 g/mol. The van der Waals surface area contributed by atoms with Crippen LogP contribution in [0.2, 0.25) is 0 Å². The summed E-state index contributed by atoms with van der Waals surface area (Å²) >= 11 is 1.75. The van der Waals surface area contributed by atoms with Gasteiger partial charge in [0.25, 0.3) is 0 Å². The van der Waals surface area contributed by atoms with Crippen molar-refractivity contribution in [2.45, 2.75) is 19.4 Å². The molecule has 1 N–H and O–H groups in total. The number of aryl methyl sites for hydroxylation is 1. The SMILES string of the molecule is CNC(Cc1ccsc1)c1ccc(OC)cc1C. The molecule has 2 nitrogen and oxygen atoms in total. The molecule has 3 heteroatoms. The zero-order chi connectivity index (χ0) is 13.0. The molecule has 1 heterocycles. The van der Waals surface area contributed by atoms with Crippen LogP contribution in [0.5, 0.6) is 5.75 Å². The van der Waals surface area contributed by atoms with Crippen molar-refractivity contribution in [2.24, 2.45) is 0 Å². The third kappa shape index (κ3) is 2.92. The molecule has 0 saturated heterocycles. The molecule has 0 spiro atoms. The largest absolute Gasteiger partial charge is 0.497 e. The number of ether oxygens (including phenoxy) is 1. The van der Waals surface area contributed by atoms with Gasteiger partial charge in [-0.05, 0) is 66.0 Å². The van der Waals surface area contributed by atoms with E-state index < -0.39 is 0 Å². The van der Waals surface area contributed by atoms with Crippen LogP contribution in [-0.4, -0.2) is 14.2 Å². The molecule has 2 rings (SSSR count). The van der Waals surface area contributed by atoms with Gasteiger partial charge in [-0.2, -0.15) is 11.3 Å².